The number of hydrogen-bond acceptors (Lipinski definition) is 8. The maximum Gasteiger partial charge on any atom is 0.185 e. The lowest BCUT2D eigenvalue weighted by Crippen LogP contribution is -2.22. The van der Waals surface area contributed by atoms with Crippen LogP contribution in [0.2, 0.25) is 0 Å². The molecule has 0 radical (unpaired) electrons. The minimum atomic E-state index is -0.219. The van der Waals surface area contributed by atoms with Gasteiger partial charge in [0.1, 0.15) is 23.0 Å². The highest BCUT2D eigenvalue weighted by molar-refractivity contribution is 6.08. The average molecular weight is 815 g/mol. The lowest BCUT2D eigenvalue weighted by atomic mass is 9.74. The van der Waals surface area contributed by atoms with E-state index >= 15 is 0 Å². The summed E-state index contributed by atoms with van der Waals surface area (Å²) in [5, 5.41) is 28.1. The summed E-state index contributed by atoms with van der Waals surface area (Å²) in [7, 11) is 3.67. The molecule has 60 heavy (non-hydrogen) atoms. The molecule has 0 aliphatic carbocycles. The highest BCUT2D eigenvalue weighted by Crippen LogP contribution is 2.47. The van der Waals surface area contributed by atoms with Gasteiger partial charge in [0.15, 0.2) is 11.6 Å². The Bertz CT molecular complexity index is 2160. The average Bonchev–Trinajstić information content (AvgIpc) is 3.25. The fraction of sp³-hybridized carbons (Fsp3) is 0.346. The monoisotopic (exact) mass is 814 g/mol. The Kier molecular flexibility index (Phi) is 18.0. The van der Waals surface area contributed by atoms with Gasteiger partial charge in [-0.15, -0.1) is 13.2 Å². The second-order valence-corrected chi connectivity index (χ2v) is 15.7. The van der Waals surface area contributed by atoms with E-state index < -0.39 is 0 Å². The van der Waals surface area contributed by atoms with Gasteiger partial charge in [-0.1, -0.05) is 53.7 Å². The minimum absolute atomic E-state index is 0.103. The first-order valence-corrected chi connectivity index (χ1v) is 20.8. The molecule has 4 rings (SSSR count). The fourth-order valence-corrected chi connectivity index (χ4v) is 6.53. The largest absolute Gasteiger partial charge is 0.507 e. The van der Waals surface area contributed by atoms with Gasteiger partial charge >= 0.3 is 0 Å². The van der Waals surface area contributed by atoms with Crippen LogP contribution < -0.4 is 20.1 Å². The molecule has 0 saturated heterocycles. The Balaban J connectivity index is 0.000000323. The van der Waals surface area contributed by atoms with E-state index in [1.54, 1.807) is 48.6 Å². The summed E-state index contributed by atoms with van der Waals surface area (Å²) in [6, 6.07) is 18.6. The van der Waals surface area contributed by atoms with Gasteiger partial charge in [0, 0.05) is 47.7 Å². The molecule has 4 aromatic rings. The SMILES string of the molecule is C=CCc1cc(CC=C)c(OCC)c(/C=C/C(=O)c2ccc(NC)cc2)c1O.CCOc1c(C(C)(C)CC)cc(C(C)(C)CC)c(O)c1/C=C/C(=O)c1ccc(NC)cc1. The zero-order valence-corrected chi connectivity index (χ0v) is 37.4. The van der Waals surface area contributed by atoms with Crippen LogP contribution in [0.3, 0.4) is 0 Å². The standard InChI is InChI=1S/C28H39NO3.C24H27NO3/c1-9-27(4,5)22-18-23(28(6,7)10-2)26(32-11-3)21(25(22)31)16-17-24(30)19-12-14-20(29-8)15-13-19;1-5-8-18-16-19(9-6-2)24(28-7-3)21(23(18)27)14-15-22(26)17-10-12-20(25-4)13-11-17/h12-18,29,31H,9-11H2,1-8H3;5-6,10-16,25,27H,1-2,7-9H2,3-4H3/b17-16+;15-14+. The van der Waals surface area contributed by atoms with Crippen LogP contribution >= 0.6 is 0 Å². The first kappa shape index (κ1) is 48.3. The highest BCUT2D eigenvalue weighted by atomic mass is 16.5. The molecule has 0 spiro atoms. The Morgan fingerprint density at radius 3 is 1.45 bits per heavy atom. The molecule has 0 aromatic heterocycles. The molecule has 4 N–H and O–H groups in total. The molecule has 0 unspecified atom stereocenters. The number of allylic oxidation sites excluding steroid dienone is 4. The maximum atomic E-state index is 12.8. The van der Waals surface area contributed by atoms with Crippen molar-refractivity contribution in [2.24, 2.45) is 0 Å². The Hall–Kier alpha value is -6.02. The van der Waals surface area contributed by atoms with Crippen LogP contribution in [0.1, 0.15) is 122 Å². The van der Waals surface area contributed by atoms with Crippen molar-refractivity contribution in [2.45, 2.75) is 91.9 Å². The van der Waals surface area contributed by atoms with Gasteiger partial charge in [0.05, 0.1) is 24.3 Å². The van der Waals surface area contributed by atoms with E-state index in [0.29, 0.717) is 59.8 Å². The summed E-state index contributed by atoms with van der Waals surface area (Å²) in [6.45, 7) is 25.2. The van der Waals surface area contributed by atoms with Crippen molar-refractivity contribution >= 4 is 35.1 Å². The van der Waals surface area contributed by atoms with Crippen molar-refractivity contribution < 1.29 is 29.3 Å². The molecule has 0 bridgehead atoms. The quantitative estimate of drug-likeness (QED) is 0.0396. The van der Waals surface area contributed by atoms with Gasteiger partial charge in [-0.05, 0) is 146 Å². The third-order valence-electron chi connectivity index (χ3n) is 11.0. The van der Waals surface area contributed by atoms with E-state index in [1.165, 1.54) is 12.2 Å². The smallest absolute Gasteiger partial charge is 0.185 e. The number of anilines is 2. The lowest BCUT2D eigenvalue weighted by molar-refractivity contribution is 0.103. The summed E-state index contributed by atoms with van der Waals surface area (Å²) in [6.07, 6.45) is 12.7. The molecule has 0 aliphatic heterocycles. The molecule has 0 fully saturated rings. The zero-order valence-electron chi connectivity index (χ0n) is 37.4. The number of phenols is 2. The highest BCUT2D eigenvalue weighted by Gasteiger charge is 2.32. The van der Waals surface area contributed by atoms with E-state index in [9.17, 15) is 19.8 Å². The van der Waals surface area contributed by atoms with Crippen molar-refractivity contribution in [1.29, 1.82) is 0 Å². The number of hydrogen-bond donors (Lipinski definition) is 4. The number of ether oxygens (including phenoxy) is 2. The van der Waals surface area contributed by atoms with E-state index in [0.717, 1.165) is 46.5 Å². The summed E-state index contributed by atoms with van der Waals surface area (Å²) < 4.78 is 11.9. The third-order valence-corrected chi connectivity index (χ3v) is 11.0. The number of carbonyl (C=O) groups excluding carboxylic acids is 2. The summed E-state index contributed by atoms with van der Waals surface area (Å²) in [5.41, 5.74) is 7.34. The van der Waals surface area contributed by atoms with Crippen molar-refractivity contribution in [3.05, 3.63) is 143 Å². The molecule has 0 heterocycles. The second kappa shape index (κ2) is 22.4. The normalized spacial score (nSPS) is 11.5. The molecular weight excluding hydrogens is 749 g/mol. The van der Waals surface area contributed by atoms with Crippen molar-refractivity contribution in [3.63, 3.8) is 0 Å². The van der Waals surface area contributed by atoms with E-state index in [4.69, 9.17) is 9.47 Å². The molecule has 0 aliphatic rings. The molecule has 0 amide bonds. The van der Waals surface area contributed by atoms with Gasteiger partial charge in [0.2, 0.25) is 0 Å². The molecule has 0 saturated carbocycles. The van der Waals surface area contributed by atoms with Crippen LogP contribution in [0.5, 0.6) is 23.0 Å². The molecule has 8 heteroatoms. The van der Waals surface area contributed by atoms with Crippen LogP contribution in [-0.4, -0.2) is 49.1 Å². The van der Waals surface area contributed by atoms with E-state index in [-0.39, 0.29) is 33.9 Å². The van der Waals surface area contributed by atoms with Crippen LogP contribution in [0.15, 0.2) is 98.1 Å². The molecule has 8 nitrogen and oxygen atoms in total. The van der Waals surface area contributed by atoms with E-state index in [2.05, 4.69) is 71.4 Å². The van der Waals surface area contributed by atoms with Crippen molar-refractivity contribution in [3.8, 4) is 23.0 Å². The molecule has 320 valence electrons. The lowest BCUT2D eigenvalue weighted by Gasteiger charge is -2.32. The fourth-order valence-electron chi connectivity index (χ4n) is 6.53. The van der Waals surface area contributed by atoms with Gasteiger partial charge in [-0.3, -0.25) is 9.59 Å². The number of benzene rings is 4. The van der Waals surface area contributed by atoms with Gasteiger partial charge in [0.25, 0.3) is 0 Å². The summed E-state index contributed by atoms with van der Waals surface area (Å²) in [4.78, 5) is 25.4. The first-order valence-electron chi connectivity index (χ1n) is 20.8. The summed E-state index contributed by atoms with van der Waals surface area (Å²) in [5.74, 6) is 1.25. The Morgan fingerprint density at radius 2 is 1.03 bits per heavy atom. The second-order valence-electron chi connectivity index (χ2n) is 15.7. The predicted molar refractivity (Wildman–Crippen MR) is 252 cm³/mol. The number of phenolic OH excluding ortho intramolecular Hbond substituents is 2. The van der Waals surface area contributed by atoms with Crippen molar-refractivity contribution in [1.82, 2.24) is 0 Å². The first-order chi connectivity index (χ1) is 28.6. The number of carbonyl (C=O) groups is 2. The van der Waals surface area contributed by atoms with Gasteiger partial charge in [-0.2, -0.15) is 0 Å². The Morgan fingerprint density at radius 1 is 0.617 bits per heavy atom. The topological polar surface area (TPSA) is 117 Å². The Labute approximate surface area is 358 Å². The van der Waals surface area contributed by atoms with Crippen LogP contribution in [-0.2, 0) is 23.7 Å². The zero-order chi connectivity index (χ0) is 44.6. The van der Waals surface area contributed by atoms with E-state index in [1.807, 2.05) is 58.3 Å². The predicted octanol–water partition coefficient (Wildman–Crippen LogP) is 12.3. The number of aromatic hydroxyl groups is 2. The molecule has 0 atom stereocenters. The molecule has 4 aromatic carbocycles. The van der Waals surface area contributed by atoms with Crippen LogP contribution in [0, 0.1) is 0 Å². The summed E-state index contributed by atoms with van der Waals surface area (Å²) >= 11 is 0. The maximum absolute atomic E-state index is 12.8. The number of ketones is 2. The van der Waals surface area contributed by atoms with Crippen molar-refractivity contribution in [2.75, 3.05) is 37.9 Å². The number of rotatable bonds is 20. The molecular formula is C52H66N2O6. The van der Waals surface area contributed by atoms with Crippen LogP contribution in [0.4, 0.5) is 11.4 Å². The van der Waals surface area contributed by atoms with Crippen LogP contribution in [0.25, 0.3) is 12.2 Å². The minimum Gasteiger partial charge on any atom is -0.507 e. The number of nitrogens with one attached hydrogen (secondary N) is 2. The van der Waals surface area contributed by atoms with Gasteiger partial charge < -0.3 is 30.3 Å². The third kappa shape index (κ3) is 12.0. The van der Waals surface area contributed by atoms with Gasteiger partial charge in [-0.25, -0.2) is 0 Å².